The van der Waals surface area contributed by atoms with Gasteiger partial charge in [-0.3, -0.25) is 9.78 Å². The summed E-state index contributed by atoms with van der Waals surface area (Å²) in [6, 6.07) is 21.5. The number of amides is 1. The van der Waals surface area contributed by atoms with E-state index in [-0.39, 0.29) is 5.91 Å². The second-order valence-electron chi connectivity index (χ2n) is 5.02. The van der Waals surface area contributed by atoms with E-state index in [0.717, 1.165) is 22.4 Å². The molecule has 0 aliphatic carbocycles. The van der Waals surface area contributed by atoms with Crippen molar-refractivity contribution in [2.45, 2.75) is 0 Å². The summed E-state index contributed by atoms with van der Waals surface area (Å²) < 4.78 is 0. The summed E-state index contributed by atoms with van der Waals surface area (Å²) >= 11 is 0. The number of nitrogens with zero attached hydrogens (tertiary/aromatic N) is 1. The molecule has 23 heavy (non-hydrogen) atoms. The third-order valence-electron chi connectivity index (χ3n) is 3.38. The summed E-state index contributed by atoms with van der Waals surface area (Å²) in [6.45, 7) is 0. The zero-order chi connectivity index (χ0) is 15.9. The molecule has 0 fully saturated rings. The van der Waals surface area contributed by atoms with E-state index < -0.39 is 0 Å². The van der Waals surface area contributed by atoms with Crippen molar-refractivity contribution in [1.82, 2.24) is 4.98 Å². The summed E-state index contributed by atoms with van der Waals surface area (Å²) in [4.78, 5) is 16.2. The van der Waals surface area contributed by atoms with Gasteiger partial charge in [0.05, 0.1) is 0 Å². The number of nitrogens with one attached hydrogen (secondary N) is 1. The van der Waals surface area contributed by atoms with Crippen molar-refractivity contribution >= 4 is 17.7 Å². The Morgan fingerprint density at radius 2 is 1.70 bits per heavy atom. The lowest BCUT2D eigenvalue weighted by molar-refractivity contribution is -0.111. The molecule has 0 bridgehead atoms. The molecule has 0 radical (unpaired) electrons. The first-order valence-corrected chi connectivity index (χ1v) is 7.36. The minimum Gasteiger partial charge on any atom is -0.322 e. The van der Waals surface area contributed by atoms with Crippen LogP contribution in [0.25, 0.3) is 17.2 Å². The average Bonchev–Trinajstić information content (AvgIpc) is 2.62. The summed E-state index contributed by atoms with van der Waals surface area (Å²) in [5, 5.41) is 2.93. The minimum absolute atomic E-state index is 0.169. The highest BCUT2D eigenvalue weighted by Crippen LogP contribution is 2.27. The molecule has 3 nitrogen and oxygen atoms in total. The number of carbonyl (C=O) groups is 1. The molecule has 1 heterocycles. The van der Waals surface area contributed by atoms with Crippen molar-refractivity contribution in [2.24, 2.45) is 0 Å². The number of para-hydroxylation sites is 1. The van der Waals surface area contributed by atoms with Gasteiger partial charge in [0.1, 0.15) is 0 Å². The van der Waals surface area contributed by atoms with Gasteiger partial charge in [-0.25, -0.2) is 0 Å². The van der Waals surface area contributed by atoms with E-state index in [1.165, 1.54) is 6.08 Å². The lowest BCUT2D eigenvalue weighted by Crippen LogP contribution is -2.08. The number of carbonyl (C=O) groups excluding carboxylic acids is 1. The van der Waals surface area contributed by atoms with Gasteiger partial charge in [-0.1, -0.05) is 54.6 Å². The third kappa shape index (κ3) is 3.92. The first-order valence-electron chi connectivity index (χ1n) is 7.36. The molecule has 1 amide bonds. The molecule has 0 saturated heterocycles. The molecule has 0 aliphatic rings. The maximum Gasteiger partial charge on any atom is 0.248 e. The molecule has 0 saturated carbocycles. The van der Waals surface area contributed by atoms with Crippen molar-refractivity contribution in [3.8, 4) is 11.1 Å². The van der Waals surface area contributed by atoms with Gasteiger partial charge >= 0.3 is 0 Å². The highest BCUT2D eigenvalue weighted by molar-refractivity contribution is 6.04. The Balaban J connectivity index is 1.78. The van der Waals surface area contributed by atoms with Gasteiger partial charge in [0.25, 0.3) is 0 Å². The van der Waals surface area contributed by atoms with E-state index in [1.807, 2.05) is 66.7 Å². The van der Waals surface area contributed by atoms with E-state index in [1.54, 1.807) is 18.5 Å². The monoisotopic (exact) mass is 300 g/mol. The van der Waals surface area contributed by atoms with Crippen LogP contribution in [0, 0.1) is 0 Å². The largest absolute Gasteiger partial charge is 0.322 e. The molecule has 1 aromatic heterocycles. The third-order valence-corrected chi connectivity index (χ3v) is 3.38. The van der Waals surface area contributed by atoms with Gasteiger partial charge in [-0.05, 0) is 29.3 Å². The second-order valence-corrected chi connectivity index (χ2v) is 5.02. The van der Waals surface area contributed by atoms with Crippen LogP contribution >= 0.6 is 0 Å². The molecule has 112 valence electrons. The van der Waals surface area contributed by atoms with Gasteiger partial charge in [-0.15, -0.1) is 0 Å². The Hall–Kier alpha value is -3.20. The van der Waals surface area contributed by atoms with Crippen LogP contribution in [0.5, 0.6) is 0 Å². The van der Waals surface area contributed by atoms with E-state index >= 15 is 0 Å². The molecular formula is C20H16N2O. The molecular weight excluding hydrogens is 284 g/mol. The fraction of sp³-hybridized carbons (Fsp3) is 0. The fourth-order valence-electron chi connectivity index (χ4n) is 2.28. The number of rotatable bonds is 4. The summed E-state index contributed by atoms with van der Waals surface area (Å²) in [5.41, 5.74) is 3.74. The number of pyridine rings is 1. The quantitative estimate of drug-likeness (QED) is 0.726. The first kappa shape index (κ1) is 14.7. The van der Waals surface area contributed by atoms with Crippen molar-refractivity contribution in [2.75, 3.05) is 5.32 Å². The first-order chi connectivity index (χ1) is 11.3. The Labute approximate surface area is 135 Å². The van der Waals surface area contributed by atoms with Gasteiger partial charge in [0.15, 0.2) is 0 Å². The normalized spacial score (nSPS) is 10.6. The van der Waals surface area contributed by atoms with E-state index in [4.69, 9.17) is 0 Å². The predicted octanol–water partition coefficient (Wildman–Crippen LogP) is 4.40. The summed E-state index contributed by atoms with van der Waals surface area (Å²) in [5.74, 6) is -0.169. The molecule has 3 aromatic rings. The van der Waals surface area contributed by atoms with Gasteiger partial charge in [0, 0.05) is 29.7 Å². The average molecular weight is 300 g/mol. The van der Waals surface area contributed by atoms with Crippen LogP contribution in [-0.2, 0) is 4.79 Å². The highest BCUT2D eigenvalue weighted by atomic mass is 16.1. The van der Waals surface area contributed by atoms with E-state index in [0.29, 0.717) is 0 Å². The zero-order valence-electron chi connectivity index (χ0n) is 12.5. The number of hydrogen-bond donors (Lipinski definition) is 1. The molecule has 3 rings (SSSR count). The number of benzene rings is 2. The van der Waals surface area contributed by atoms with Gasteiger partial charge in [0.2, 0.25) is 5.91 Å². The van der Waals surface area contributed by atoms with Crippen LogP contribution in [0.4, 0.5) is 5.69 Å². The maximum absolute atomic E-state index is 12.2. The Morgan fingerprint density at radius 1 is 0.913 bits per heavy atom. The molecule has 0 atom stereocenters. The summed E-state index contributed by atoms with van der Waals surface area (Å²) in [6.07, 6.45) is 6.67. The smallest absolute Gasteiger partial charge is 0.248 e. The van der Waals surface area contributed by atoms with Gasteiger partial charge < -0.3 is 5.32 Å². The van der Waals surface area contributed by atoms with Crippen LogP contribution in [0.2, 0.25) is 0 Å². The molecule has 2 aromatic carbocycles. The Morgan fingerprint density at radius 3 is 2.48 bits per heavy atom. The Kier molecular flexibility index (Phi) is 4.60. The molecule has 0 aliphatic heterocycles. The SMILES string of the molecule is O=C(/C=C/c1cccnc1)Nc1ccccc1-c1ccccc1. The molecule has 3 heteroatoms. The molecule has 0 unspecified atom stereocenters. The number of aromatic nitrogens is 1. The number of anilines is 1. The van der Waals surface area contributed by atoms with Gasteiger partial charge in [-0.2, -0.15) is 0 Å². The highest BCUT2D eigenvalue weighted by Gasteiger charge is 2.05. The number of hydrogen-bond acceptors (Lipinski definition) is 2. The van der Waals surface area contributed by atoms with Crippen molar-refractivity contribution in [1.29, 1.82) is 0 Å². The zero-order valence-corrected chi connectivity index (χ0v) is 12.5. The van der Waals surface area contributed by atoms with Crippen molar-refractivity contribution in [3.05, 3.63) is 90.8 Å². The Bertz CT molecular complexity index is 811. The van der Waals surface area contributed by atoms with Crippen molar-refractivity contribution < 1.29 is 4.79 Å². The minimum atomic E-state index is -0.169. The predicted molar refractivity (Wildman–Crippen MR) is 93.8 cm³/mol. The van der Waals surface area contributed by atoms with Crippen LogP contribution in [0.3, 0.4) is 0 Å². The van der Waals surface area contributed by atoms with Crippen molar-refractivity contribution in [3.63, 3.8) is 0 Å². The van der Waals surface area contributed by atoms with Crippen LogP contribution in [0.15, 0.2) is 85.2 Å². The molecule has 0 spiro atoms. The second kappa shape index (κ2) is 7.18. The van der Waals surface area contributed by atoms with Crippen LogP contribution < -0.4 is 5.32 Å². The maximum atomic E-state index is 12.2. The van der Waals surface area contributed by atoms with E-state index in [2.05, 4.69) is 10.3 Å². The van der Waals surface area contributed by atoms with Crippen LogP contribution in [-0.4, -0.2) is 10.9 Å². The summed E-state index contributed by atoms with van der Waals surface area (Å²) in [7, 11) is 0. The van der Waals surface area contributed by atoms with E-state index in [9.17, 15) is 4.79 Å². The lowest BCUT2D eigenvalue weighted by atomic mass is 10.0. The topological polar surface area (TPSA) is 42.0 Å². The molecule has 1 N–H and O–H groups in total. The fourth-order valence-corrected chi connectivity index (χ4v) is 2.28. The van der Waals surface area contributed by atoms with Crippen LogP contribution in [0.1, 0.15) is 5.56 Å². The standard InChI is InChI=1S/C20H16N2O/c23-20(13-12-16-7-6-14-21-15-16)22-19-11-5-4-10-18(19)17-8-2-1-3-9-17/h1-15H,(H,22,23)/b13-12+. The lowest BCUT2D eigenvalue weighted by Gasteiger charge is -2.09.